The van der Waals surface area contributed by atoms with Crippen LogP contribution in [0.3, 0.4) is 0 Å². The maximum Gasteiger partial charge on any atom is 0.314 e. The lowest BCUT2D eigenvalue weighted by atomic mass is 9.99. The van der Waals surface area contributed by atoms with Crippen LogP contribution in [0.4, 0.5) is 17.1 Å². The molecule has 0 saturated heterocycles. The standard InChI is InChI=1S/C15H20N4O6/c1-4-6-12(15(20)25-5-2)10(3)16-17-13-8-7-11(18(21)22)9-14(13)19(23)24/h7-9,12,17H,4-6H2,1-3H3/b16-10+/t12-/m1/s1. The van der Waals surface area contributed by atoms with Crippen LogP contribution in [0.1, 0.15) is 33.6 Å². The molecule has 0 aliphatic carbocycles. The van der Waals surface area contributed by atoms with Crippen LogP contribution in [0, 0.1) is 26.1 Å². The zero-order valence-electron chi connectivity index (χ0n) is 14.2. The van der Waals surface area contributed by atoms with Gasteiger partial charge in [0.2, 0.25) is 0 Å². The maximum absolute atomic E-state index is 12.0. The van der Waals surface area contributed by atoms with Gasteiger partial charge in [0.1, 0.15) is 5.69 Å². The second-order valence-electron chi connectivity index (χ2n) is 5.17. The Balaban J connectivity index is 3.07. The molecule has 0 aromatic heterocycles. The number of carbonyl (C=O) groups excluding carboxylic acids is 1. The lowest BCUT2D eigenvalue weighted by molar-refractivity contribution is -0.393. The number of nitrogens with one attached hydrogen (secondary N) is 1. The van der Waals surface area contributed by atoms with Crippen LogP contribution in [0.25, 0.3) is 0 Å². The smallest absolute Gasteiger partial charge is 0.314 e. The minimum Gasteiger partial charge on any atom is -0.465 e. The molecule has 0 fully saturated rings. The summed E-state index contributed by atoms with van der Waals surface area (Å²) in [5.74, 6) is -0.972. The number of non-ortho nitro benzene ring substituents is 1. The molecule has 1 aromatic carbocycles. The Kier molecular flexibility index (Phi) is 7.44. The Morgan fingerprint density at radius 1 is 1.28 bits per heavy atom. The van der Waals surface area contributed by atoms with E-state index in [0.717, 1.165) is 18.6 Å². The van der Waals surface area contributed by atoms with E-state index in [1.807, 2.05) is 6.92 Å². The molecule has 10 heteroatoms. The fraction of sp³-hybridized carbons (Fsp3) is 0.467. The fourth-order valence-electron chi connectivity index (χ4n) is 2.13. The predicted molar refractivity (Wildman–Crippen MR) is 91.5 cm³/mol. The number of hydrogen-bond donors (Lipinski definition) is 1. The molecular formula is C15H20N4O6. The molecule has 0 heterocycles. The van der Waals surface area contributed by atoms with Gasteiger partial charge >= 0.3 is 11.7 Å². The fourth-order valence-corrected chi connectivity index (χ4v) is 2.13. The number of hydrogen-bond acceptors (Lipinski definition) is 8. The first kappa shape index (κ1) is 20.0. The van der Waals surface area contributed by atoms with Gasteiger partial charge in [0.15, 0.2) is 0 Å². The summed E-state index contributed by atoms with van der Waals surface area (Å²) in [6.07, 6.45) is 1.26. The van der Waals surface area contributed by atoms with Gasteiger partial charge in [0.25, 0.3) is 5.69 Å². The Hall–Kier alpha value is -3.04. The highest BCUT2D eigenvalue weighted by molar-refractivity contribution is 6.01. The van der Waals surface area contributed by atoms with E-state index in [2.05, 4.69) is 10.5 Å². The highest BCUT2D eigenvalue weighted by Gasteiger charge is 2.23. The molecule has 0 unspecified atom stereocenters. The van der Waals surface area contributed by atoms with Crippen molar-refractivity contribution in [2.24, 2.45) is 11.0 Å². The highest BCUT2D eigenvalue weighted by atomic mass is 16.6. The average molecular weight is 352 g/mol. The molecular weight excluding hydrogens is 332 g/mol. The van der Waals surface area contributed by atoms with Crippen molar-refractivity contribution in [3.63, 3.8) is 0 Å². The lowest BCUT2D eigenvalue weighted by Crippen LogP contribution is -2.25. The van der Waals surface area contributed by atoms with E-state index in [4.69, 9.17) is 4.74 Å². The van der Waals surface area contributed by atoms with Gasteiger partial charge in [-0.2, -0.15) is 5.10 Å². The third kappa shape index (κ3) is 5.52. The van der Waals surface area contributed by atoms with Crippen molar-refractivity contribution in [1.29, 1.82) is 0 Å². The Morgan fingerprint density at radius 3 is 2.48 bits per heavy atom. The van der Waals surface area contributed by atoms with Crippen LogP contribution in [-0.4, -0.2) is 28.1 Å². The van der Waals surface area contributed by atoms with Gasteiger partial charge < -0.3 is 4.74 Å². The second kappa shape index (κ2) is 9.30. The van der Waals surface area contributed by atoms with Crippen molar-refractivity contribution in [3.8, 4) is 0 Å². The SMILES string of the molecule is CCC[C@@H](C(=O)OCC)/C(C)=N/Nc1ccc([N+](=O)[O-])cc1[N+](=O)[O-]. The van der Waals surface area contributed by atoms with Crippen LogP contribution in [0.15, 0.2) is 23.3 Å². The van der Waals surface area contributed by atoms with E-state index in [0.29, 0.717) is 12.1 Å². The molecule has 25 heavy (non-hydrogen) atoms. The molecule has 1 rings (SSSR count). The van der Waals surface area contributed by atoms with Crippen molar-refractivity contribution >= 4 is 28.7 Å². The molecule has 10 nitrogen and oxygen atoms in total. The van der Waals surface area contributed by atoms with Crippen LogP contribution >= 0.6 is 0 Å². The van der Waals surface area contributed by atoms with Gasteiger partial charge in [-0.1, -0.05) is 13.3 Å². The van der Waals surface area contributed by atoms with Gasteiger partial charge in [0.05, 0.1) is 28.4 Å². The van der Waals surface area contributed by atoms with Crippen LogP contribution in [0.2, 0.25) is 0 Å². The molecule has 0 radical (unpaired) electrons. The summed E-state index contributed by atoms with van der Waals surface area (Å²) in [4.78, 5) is 32.3. The minimum absolute atomic E-state index is 0.00550. The van der Waals surface area contributed by atoms with Gasteiger partial charge in [-0.3, -0.25) is 30.4 Å². The molecule has 1 aromatic rings. The topological polar surface area (TPSA) is 137 Å². The van der Waals surface area contributed by atoms with E-state index >= 15 is 0 Å². The summed E-state index contributed by atoms with van der Waals surface area (Å²) in [6, 6.07) is 3.18. The average Bonchev–Trinajstić information content (AvgIpc) is 2.57. The molecule has 0 saturated carbocycles. The monoisotopic (exact) mass is 352 g/mol. The number of nitrogens with zero attached hydrogens (tertiary/aromatic N) is 3. The summed E-state index contributed by atoms with van der Waals surface area (Å²) in [5.41, 5.74) is 2.04. The Labute approximate surface area is 144 Å². The Morgan fingerprint density at radius 2 is 1.96 bits per heavy atom. The van der Waals surface area contributed by atoms with Crippen molar-refractivity contribution < 1.29 is 19.4 Å². The summed E-state index contributed by atoms with van der Waals surface area (Å²) in [5, 5.41) is 25.9. The van der Waals surface area contributed by atoms with Crippen molar-refractivity contribution in [2.45, 2.75) is 33.6 Å². The van der Waals surface area contributed by atoms with Crippen LogP contribution in [-0.2, 0) is 9.53 Å². The molecule has 0 amide bonds. The van der Waals surface area contributed by atoms with Gasteiger partial charge in [-0.05, 0) is 26.3 Å². The van der Waals surface area contributed by atoms with Gasteiger partial charge in [-0.25, -0.2) is 0 Å². The van der Waals surface area contributed by atoms with Gasteiger partial charge in [0, 0.05) is 11.8 Å². The number of benzene rings is 1. The molecule has 0 bridgehead atoms. The van der Waals surface area contributed by atoms with Gasteiger partial charge in [-0.15, -0.1) is 0 Å². The number of nitro benzene ring substituents is 2. The quantitative estimate of drug-likeness (QED) is 0.311. The zero-order valence-corrected chi connectivity index (χ0v) is 14.2. The first-order chi connectivity index (χ1) is 11.8. The van der Waals surface area contributed by atoms with Crippen LogP contribution in [0.5, 0.6) is 0 Å². The number of nitro groups is 2. The largest absolute Gasteiger partial charge is 0.465 e. The number of carbonyl (C=O) groups is 1. The van der Waals surface area contributed by atoms with E-state index in [1.54, 1.807) is 13.8 Å². The van der Waals surface area contributed by atoms with E-state index in [1.165, 1.54) is 6.07 Å². The molecule has 0 aliphatic rings. The zero-order chi connectivity index (χ0) is 19.0. The number of ether oxygens (including phenoxy) is 1. The molecule has 1 N–H and O–H groups in total. The molecule has 0 aliphatic heterocycles. The maximum atomic E-state index is 12.0. The van der Waals surface area contributed by atoms with E-state index in [9.17, 15) is 25.0 Å². The number of anilines is 1. The third-order valence-corrected chi connectivity index (χ3v) is 3.39. The number of hydrazone groups is 1. The second-order valence-corrected chi connectivity index (χ2v) is 5.17. The summed E-state index contributed by atoms with van der Waals surface area (Å²) >= 11 is 0. The van der Waals surface area contributed by atoms with Crippen LogP contribution < -0.4 is 5.43 Å². The summed E-state index contributed by atoms with van der Waals surface area (Å²) in [7, 11) is 0. The predicted octanol–water partition coefficient (Wildman–Crippen LogP) is 3.27. The van der Waals surface area contributed by atoms with Crippen molar-refractivity contribution in [1.82, 2.24) is 0 Å². The summed E-state index contributed by atoms with van der Waals surface area (Å²) < 4.78 is 5.00. The molecule has 0 spiro atoms. The minimum atomic E-state index is -0.741. The first-order valence-electron chi connectivity index (χ1n) is 7.71. The van der Waals surface area contributed by atoms with E-state index in [-0.39, 0.29) is 12.3 Å². The molecule has 1 atom stereocenters. The van der Waals surface area contributed by atoms with E-state index < -0.39 is 33.1 Å². The summed E-state index contributed by atoms with van der Waals surface area (Å²) in [6.45, 7) is 5.47. The molecule has 136 valence electrons. The first-order valence-corrected chi connectivity index (χ1v) is 7.71. The normalized spacial score (nSPS) is 12.4. The number of rotatable bonds is 9. The van der Waals surface area contributed by atoms with Crippen molar-refractivity contribution in [2.75, 3.05) is 12.0 Å². The number of esters is 1. The Bertz CT molecular complexity index is 689. The highest BCUT2D eigenvalue weighted by Crippen LogP contribution is 2.29. The van der Waals surface area contributed by atoms with Crippen molar-refractivity contribution in [3.05, 3.63) is 38.4 Å². The lowest BCUT2D eigenvalue weighted by Gasteiger charge is -2.14. The third-order valence-electron chi connectivity index (χ3n) is 3.39.